The minimum Gasteiger partial charge on any atom is -0.508 e. The summed E-state index contributed by atoms with van der Waals surface area (Å²) in [5.74, 6) is -1.10. The predicted molar refractivity (Wildman–Crippen MR) is 185 cm³/mol. The minimum atomic E-state index is -3.32. The van der Waals surface area contributed by atoms with Gasteiger partial charge in [0.15, 0.2) is 15.7 Å². The number of ether oxygens (including phenoxy) is 2. The van der Waals surface area contributed by atoms with Crippen LogP contribution in [0.5, 0.6) is 11.8 Å². The van der Waals surface area contributed by atoms with Crippen LogP contribution in [-0.4, -0.2) is 114 Å². The molecule has 2 N–H and O–H groups in total. The van der Waals surface area contributed by atoms with Crippen LogP contribution >= 0.6 is 0 Å². The van der Waals surface area contributed by atoms with Gasteiger partial charge in [0, 0.05) is 45.0 Å². The first-order chi connectivity index (χ1) is 24.4. The normalized spacial score (nSPS) is 25.2. The molecule has 4 atom stereocenters. The molecule has 51 heavy (non-hydrogen) atoms. The Bertz CT molecular complexity index is 2170. The molecule has 4 aromatic rings. The van der Waals surface area contributed by atoms with Gasteiger partial charge in [0.1, 0.15) is 52.6 Å². The average Bonchev–Trinajstić information content (AvgIpc) is 3.69. The van der Waals surface area contributed by atoms with E-state index >= 15 is 8.78 Å². The van der Waals surface area contributed by atoms with Gasteiger partial charge in [-0.3, -0.25) is 15.2 Å². The second kappa shape index (κ2) is 12.4. The van der Waals surface area contributed by atoms with E-state index in [1.807, 2.05) is 0 Å². The van der Waals surface area contributed by atoms with Gasteiger partial charge in [-0.2, -0.15) is 9.97 Å². The number of amides is 1. The second-order valence-corrected chi connectivity index (χ2v) is 16.4. The Morgan fingerprint density at radius 3 is 2.67 bits per heavy atom. The van der Waals surface area contributed by atoms with Crippen molar-refractivity contribution in [3.05, 3.63) is 47.7 Å². The quantitative estimate of drug-likeness (QED) is 0.271. The molecule has 2 unspecified atom stereocenters. The maximum atomic E-state index is 16.9. The maximum Gasteiger partial charge on any atom is 0.409 e. The van der Waals surface area contributed by atoms with Crippen LogP contribution in [0.3, 0.4) is 0 Å². The van der Waals surface area contributed by atoms with E-state index in [9.17, 15) is 18.3 Å². The molecule has 1 amide bonds. The van der Waals surface area contributed by atoms with Gasteiger partial charge in [-0.05, 0) is 73.2 Å². The van der Waals surface area contributed by atoms with Gasteiger partial charge in [0.2, 0.25) is 0 Å². The zero-order valence-electron chi connectivity index (χ0n) is 28.5. The van der Waals surface area contributed by atoms with E-state index in [-0.39, 0.29) is 71.8 Å². The number of phenolic OH excluding ortho intramolecular Hbond substituents is 1. The smallest absolute Gasteiger partial charge is 0.409 e. The van der Waals surface area contributed by atoms with Crippen LogP contribution in [0.15, 0.2) is 30.5 Å². The molecule has 16 heteroatoms. The highest BCUT2D eigenvalue weighted by Crippen LogP contribution is 2.44. The van der Waals surface area contributed by atoms with Crippen LogP contribution in [0.25, 0.3) is 32.9 Å². The number of benzene rings is 2. The van der Waals surface area contributed by atoms with Crippen molar-refractivity contribution in [3.8, 4) is 23.0 Å². The van der Waals surface area contributed by atoms with Crippen molar-refractivity contribution < 1.29 is 36.6 Å². The fourth-order valence-corrected chi connectivity index (χ4v) is 9.97. The van der Waals surface area contributed by atoms with Gasteiger partial charge in [-0.1, -0.05) is 13.0 Å². The van der Waals surface area contributed by atoms with E-state index in [1.54, 1.807) is 25.9 Å². The molecule has 2 bridgehead atoms. The highest BCUT2D eigenvalue weighted by atomic mass is 32.2. The van der Waals surface area contributed by atoms with Crippen molar-refractivity contribution in [2.24, 2.45) is 0 Å². The van der Waals surface area contributed by atoms with Gasteiger partial charge < -0.3 is 24.4 Å². The number of carbonyl (C=O) groups is 1. The highest BCUT2D eigenvalue weighted by Gasteiger charge is 2.52. The number of nitrogens with one attached hydrogen (secondary N) is 1. The Balaban J connectivity index is 1.19. The number of phenols is 1. The Hall–Kier alpha value is -4.41. The lowest BCUT2D eigenvalue weighted by Crippen LogP contribution is -2.73. The topological polar surface area (TPSA) is 150 Å². The molecule has 2 aromatic heterocycles. The van der Waals surface area contributed by atoms with E-state index in [0.29, 0.717) is 28.6 Å². The molecule has 9 rings (SSSR count). The summed E-state index contributed by atoms with van der Waals surface area (Å²) in [6.07, 6.45) is 4.77. The summed E-state index contributed by atoms with van der Waals surface area (Å²) >= 11 is 0. The lowest BCUT2D eigenvalue weighted by molar-refractivity contribution is 0.0484. The number of rotatable bonds is 8. The van der Waals surface area contributed by atoms with E-state index < -0.39 is 38.3 Å². The minimum absolute atomic E-state index is 0.0312. The predicted octanol–water partition coefficient (Wildman–Crippen LogP) is 3.96. The SMILES string of the molecule is CCc1c(F)ccc2cc(O)cc(-c3ncc4c(N5CC6NC(C5)S6(=O)=O)nc(OC[C@]56CCCN5[C@@H](COC(=O)N(C)C)CC6)nc4c3F)c12. The van der Waals surface area contributed by atoms with E-state index in [2.05, 4.69) is 20.2 Å². The summed E-state index contributed by atoms with van der Waals surface area (Å²) in [6.45, 7) is 3.28. The number of carbonyl (C=O) groups excluding carboxylic acids is 1. The number of anilines is 1. The Labute approximate surface area is 293 Å². The molecule has 2 aromatic carbocycles. The first-order valence-corrected chi connectivity index (χ1v) is 18.8. The van der Waals surface area contributed by atoms with Crippen molar-refractivity contribution in [1.29, 1.82) is 0 Å². The summed E-state index contributed by atoms with van der Waals surface area (Å²) < 4.78 is 69.0. The molecular formula is C35H39F2N7O6S. The number of aromatic nitrogens is 3. The standard InChI is InChI=1S/C35H39F2N7O6S/c1-4-22-25(36)7-6-19-12-21(45)13-23(28(19)22)30-29(37)31-24(14-38-30)32(43-15-26-39-27(16-43)51(26,47)48)41-33(40-31)50-18-35-9-5-11-44(35)20(8-10-35)17-49-34(46)42(2)3/h6-7,12-14,20,26-27,39,45H,4-5,8-11,15-18H2,1-3H3/t20-,26?,27?,35-/m1/s1. The van der Waals surface area contributed by atoms with Crippen LogP contribution < -0.4 is 15.0 Å². The monoisotopic (exact) mass is 723 g/mol. The summed E-state index contributed by atoms with van der Waals surface area (Å²) in [5, 5.41) is 13.3. The largest absolute Gasteiger partial charge is 0.508 e. The summed E-state index contributed by atoms with van der Waals surface area (Å²) in [4.78, 5) is 31.4. The third-order valence-electron chi connectivity index (χ3n) is 10.9. The number of hydrogen-bond acceptors (Lipinski definition) is 12. The fraction of sp³-hybridized carbons (Fsp3) is 0.486. The molecule has 0 saturated carbocycles. The van der Waals surface area contributed by atoms with Gasteiger partial charge in [-0.25, -0.2) is 22.0 Å². The van der Waals surface area contributed by atoms with Gasteiger partial charge in [0.25, 0.3) is 0 Å². The average molecular weight is 724 g/mol. The Morgan fingerprint density at radius 2 is 1.94 bits per heavy atom. The Kier molecular flexibility index (Phi) is 8.18. The van der Waals surface area contributed by atoms with Crippen molar-refractivity contribution in [2.45, 2.75) is 61.4 Å². The Morgan fingerprint density at radius 1 is 1.16 bits per heavy atom. The molecule has 0 aliphatic carbocycles. The molecule has 270 valence electrons. The van der Waals surface area contributed by atoms with Crippen molar-refractivity contribution in [2.75, 3.05) is 51.8 Å². The number of aryl methyl sites for hydroxylation is 1. The molecule has 5 aliphatic heterocycles. The lowest BCUT2D eigenvalue weighted by atomic mass is 9.94. The van der Waals surface area contributed by atoms with E-state index in [4.69, 9.17) is 14.5 Å². The highest BCUT2D eigenvalue weighted by molar-refractivity contribution is 7.94. The molecule has 5 aliphatic rings. The zero-order valence-corrected chi connectivity index (χ0v) is 29.3. The lowest BCUT2D eigenvalue weighted by Gasteiger charge is -2.47. The fourth-order valence-electron chi connectivity index (χ4n) is 8.32. The number of pyridine rings is 1. The van der Waals surface area contributed by atoms with Gasteiger partial charge >= 0.3 is 12.1 Å². The number of aromatic hydroxyl groups is 1. The van der Waals surface area contributed by atoms with Crippen LogP contribution in [0.4, 0.5) is 19.4 Å². The summed E-state index contributed by atoms with van der Waals surface area (Å²) in [6, 6.07) is 5.68. The second-order valence-electron chi connectivity index (χ2n) is 14.1. The number of sulfone groups is 1. The molecule has 0 radical (unpaired) electrons. The van der Waals surface area contributed by atoms with Crippen LogP contribution in [-0.2, 0) is 21.0 Å². The number of hydrogen-bond donors (Lipinski definition) is 2. The molecule has 5 saturated heterocycles. The van der Waals surface area contributed by atoms with Crippen LogP contribution in [0.2, 0.25) is 0 Å². The summed E-state index contributed by atoms with van der Waals surface area (Å²) in [7, 11) is -0.0377. The van der Waals surface area contributed by atoms with E-state index in [0.717, 1.165) is 32.2 Å². The first-order valence-electron chi connectivity index (χ1n) is 17.2. The van der Waals surface area contributed by atoms with Gasteiger partial charge in [0.05, 0.1) is 10.9 Å². The van der Waals surface area contributed by atoms with Crippen molar-refractivity contribution in [3.63, 3.8) is 0 Å². The number of nitrogens with zero attached hydrogens (tertiary/aromatic N) is 6. The summed E-state index contributed by atoms with van der Waals surface area (Å²) in [5.41, 5.74) is 0.00859. The van der Waals surface area contributed by atoms with Crippen LogP contribution in [0.1, 0.15) is 38.2 Å². The van der Waals surface area contributed by atoms with Gasteiger partial charge in [-0.15, -0.1) is 0 Å². The van der Waals surface area contributed by atoms with Crippen molar-refractivity contribution >= 4 is 43.4 Å². The maximum absolute atomic E-state index is 16.9. The third-order valence-corrected chi connectivity index (χ3v) is 13.1. The molecule has 0 spiro atoms. The number of piperazine rings is 1. The molecule has 13 nitrogen and oxygen atoms in total. The number of halogens is 2. The van der Waals surface area contributed by atoms with Crippen LogP contribution in [0, 0.1) is 11.6 Å². The molecule has 7 heterocycles. The zero-order chi connectivity index (χ0) is 35.8. The number of fused-ring (bicyclic) bond motifs is 5. The van der Waals surface area contributed by atoms with Crippen molar-refractivity contribution in [1.82, 2.24) is 30.1 Å². The van der Waals surface area contributed by atoms with E-state index in [1.165, 1.54) is 35.4 Å². The third kappa shape index (κ3) is 5.49. The first kappa shape index (κ1) is 33.7. The molecule has 5 fully saturated rings. The molecular weight excluding hydrogens is 684 g/mol.